The van der Waals surface area contributed by atoms with Crippen molar-refractivity contribution in [3.8, 4) is 11.5 Å². The minimum atomic E-state index is -0.490. The van der Waals surface area contributed by atoms with Gasteiger partial charge in [0.05, 0.1) is 6.61 Å². The molecule has 29 heavy (non-hydrogen) atoms. The zero-order valence-electron chi connectivity index (χ0n) is 16.0. The van der Waals surface area contributed by atoms with Gasteiger partial charge in [0.2, 0.25) is 0 Å². The van der Waals surface area contributed by atoms with E-state index in [9.17, 15) is 14.0 Å². The first kappa shape index (κ1) is 20.1. The molecule has 1 heterocycles. The second kappa shape index (κ2) is 9.05. The second-order valence-electron chi connectivity index (χ2n) is 6.21. The number of hydrogen-bond donors (Lipinski definition) is 1. The van der Waals surface area contributed by atoms with Gasteiger partial charge in [-0.3, -0.25) is 9.69 Å². The van der Waals surface area contributed by atoms with Crippen LogP contribution in [0.3, 0.4) is 0 Å². The van der Waals surface area contributed by atoms with Crippen molar-refractivity contribution in [2.75, 3.05) is 13.2 Å². The largest absolute Gasteiger partial charge is 0.490 e. The Kier molecular flexibility index (Phi) is 6.29. The summed E-state index contributed by atoms with van der Waals surface area (Å²) in [6.07, 6.45) is 3.04. The first-order valence-corrected chi connectivity index (χ1v) is 9.12. The summed E-state index contributed by atoms with van der Waals surface area (Å²) in [5.74, 6) is 0.143. The number of ether oxygens (including phenoxy) is 2. The second-order valence-corrected chi connectivity index (χ2v) is 6.21. The maximum absolute atomic E-state index is 13.8. The van der Waals surface area contributed by atoms with E-state index in [2.05, 4.69) is 11.9 Å². The van der Waals surface area contributed by atoms with Gasteiger partial charge < -0.3 is 14.8 Å². The zero-order valence-corrected chi connectivity index (χ0v) is 16.0. The van der Waals surface area contributed by atoms with Crippen LogP contribution in [0.1, 0.15) is 18.1 Å². The lowest BCUT2D eigenvalue weighted by molar-refractivity contribution is -0.122. The number of imide groups is 1. The Morgan fingerprint density at radius 3 is 2.66 bits per heavy atom. The van der Waals surface area contributed by atoms with Gasteiger partial charge in [-0.25, -0.2) is 9.18 Å². The van der Waals surface area contributed by atoms with E-state index in [1.807, 2.05) is 6.92 Å². The van der Waals surface area contributed by atoms with E-state index < -0.39 is 11.9 Å². The average molecular weight is 396 g/mol. The molecule has 0 radical (unpaired) electrons. The van der Waals surface area contributed by atoms with E-state index in [-0.39, 0.29) is 24.7 Å². The molecule has 1 N–H and O–H groups in total. The number of nitrogens with one attached hydrogen (secondary N) is 1. The molecular weight excluding hydrogens is 375 g/mol. The minimum absolute atomic E-state index is 0.0538. The molecular formula is C22H21FN2O4. The monoisotopic (exact) mass is 396 g/mol. The SMILES string of the molecule is C=CCN1C(=O)N/C(=C/c2ccc(OCc3ccccc3F)c(OCC)c2)C1=O. The molecule has 1 saturated heterocycles. The van der Waals surface area contributed by atoms with E-state index in [4.69, 9.17) is 9.47 Å². The van der Waals surface area contributed by atoms with Gasteiger partial charge in [-0.2, -0.15) is 0 Å². The molecule has 6 nitrogen and oxygen atoms in total. The van der Waals surface area contributed by atoms with E-state index in [1.54, 1.807) is 42.5 Å². The summed E-state index contributed by atoms with van der Waals surface area (Å²) < 4.78 is 25.1. The molecule has 0 spiro atoms. The fourth-order valence-electron chi connectivity index (χ4n) is 2.81. The molecule has 0 aliphatic carbocycles. The van der Waals surface area contributed by atoms with Crippen LogP contribution in [0.15, 0.2) is 60.8 Å². The number of carbonyl (C=O) groups excluding carboxylic acids is 2. The van der Waals surface area contributed by atoms with Gasteiger partial charge in [-0.15, -0.1) is 6.58 Å². The molecule has 0 aromatic heterocycles. The van der Waals surface area contributed by atoms with Crippen molar-refractivity contribution in [1.29, 1.82) is 0 Å². The van der Waals surface area contributed by atoms with Crippen LogP contribution in [-0.2, 0) is 11.4 Å². The zero-order chi connectivity index (χ0) is 20.8. The van der Waals surface area contributed by atoms with Crippen LogP contribution < -0.4 is 14.8 Å². The fraction of sp³-hybridized carbons (Fsp3) is 0.182. The number of carbonyl (C=O) groups is 2. The Morgan fingerprint density at radius 1 is 1.14 bits per heavy atom. The lowest BCUT2D eigenvalue weighted by Gasteiger charge is -2.13. The van der Waals surface area contributed by atoms with Gasteiger partial charge in [0, 0.05) is 12.1 Å². The first-order chi connectivity index (χ1) is 14.0. The Balaban J connectivity index is 1.81. The molecule has 7 heteroatoms. The number of benzene rings is 2. The topological polar surface area (TPSA) is 67.9 Å². The maximum Gasteiger partial charge on any atom is 0.329 e. The summed E-state index contributed by atoms with van der Waals surface area (Å²) in [5, 5.41) is 2.54. The highest BCUT2D eigenvalue weighted by Crippen LogP contribution is 2.30. The molecule has 0 saturated carbocycles. The van der Waals surface area contributed by atoms with Crippen molar-refractivity contribution in [3.63, 3.8) is 0 Å². The maximum atomic E-state index is 13.8. The van der Waals surface area contributed by atoms with Gasteiger partial charge in [-0.05, 0) is 36.8 Å². The summed E-state index contributed by atoms with van der Waals surface area (Å²) in [4.78, 5) is 25.3. The summed E-state index contributed by atoms with van der Waals surface area (Å²) in [5.41, 5.74) is 1.25. The van der Waals surface area contributed by atoms with Crippen LogP contribution in [0.5, 0.6) is 11.5 Å². The smallest absolute Gasteiger partial charge is 0.329 e. The fourth-order valence-corrected chi connectivity index (χ4v) is 2.81. The number of amides is 3. The molecule has 1 aliphatic rings. The van der Waals surface area contributed by atoms with Crippen molar-refractivity contribution in [2.45, 2.75) is 13.5 Å². The third-order valence-electron chi connectivity index (χ3n) is 4.19. The van der Waals surface area contributed by atoms with Crippen molar-refractivity contribution in [3.05, 3.63) is 77.8 Å². The lowest BCUT2D eigenvalue weighted by atomic mass is 10.1. The molecule has 150 valence electrons. The normalized spacial score (nSPS) is 14.8. The van der Waals surface area contributed by atoms with Crippen molar-refractivity contribution in [1.82, 2.24) is 10.2 Å². The van der Waals surface area contributed by atoms with Crippen LogP contribution in [0.25, 0.3) is 6.08 Å². The number of rotatable bonds is 8. The molecule has 0 atom stereocenters. The van der Waals surface area contributed by atoms with Crippen molar-refractivity contribution in [2.24, 2.45) is 0 Å². The number of nitrogens with zero attached hydrogens (tertiary/aromatic N) is 1. The van der Waals surface area contributed by atoms with Gasteiger partial charge in [-0.1, -0.05) is 30.3 Å². The summed E-state index contributed by atoms with van der Waals surface area (Å²) >= 11 is 0. The molecule has 0 unspecified atom stereocenters. The van der Waals surface area contributed by atoms with Crippen LogP contribution in [-0.4, -0.2) is 30.0 Å². The van der Waals surface area contributed by atoms with E-state index in [0.29, 0.717) is 29.2 Å². The Bertz CT molecular complexity index is 971. The Morgan fingerprint density at radius 2 is 1.93 bits per heavy atom. The van der Waals surface area contributed by atoms with Crippen LogP contribution >= 0.6 is 0 Å². The van der Waals surface area contributed by atoms with Gasteiger partial charge in [0.1, 0.15) is 18.1 Å². The molecule has 2 aromatic carbocycles. The predicted molar refractivity (Wildman–Crippen MR) is 107 cm³/mol. The molecule has 3 amide bonds. The highest BCUT2D eigenvalue weighted by Gasteiger charge is 2.32. The quantitative estimate of drug-likeness (QED) is 0.418. The third kappa shape index (κ3) is 4.63. The Hall–Kier alpha value is -3.61. The van der Waals surface area contributed by atoms with Gasteiger partial charge in [0.25, 0.3) is 5.91 Å². The average Bonchev–Trinajstić information content (AvgIpc) is 2.96. The number of hydrogen-bond acceptors (Lipinski definition) is 4. The third-order valence-corrected chi connectivity index (χ3v) is 4.19. The van der Waals surface area contributed by atoms with E-state index in [1.165, 1.54) is 12.1 Å². The van der Waals surface area contributed by atoms with E-state index in [0.717, 1.165) is 4.90 Å². The van der Waals surface area contributed by atoms with Crippen LogP contribution in [0.4, 0.5) is 9.18 Å². The molecule has 0 bridgehead atoms. The van der Waals surface area contributed by atoms with Crippen LogP contribution in [0.2, 0.25) is 0 Å². The lowest BCUT2D eigenvalue weighted by Crippen LogP contribution is -2.30. The van der Waals surface area contributed by atoms with Crippen molar-refractivity contribution >= 4 is 18.0 Å². The minimum Gasteiger partial charge on any atom is -0.490 e. The standard InChI is InChI=1S/C22H21FN2O4/c1-3-11-25-21(26)18(24-22(25)27)12-15-9-10-19(20(13-15)28-4-2)29-14-16-7-5-6-8-17(16)23/h3,5-10,12-13H,1,4,11,14H2,2H3,(H,24,27)/b18-12+. The van der Waals surface area contributed by atoms with Crippen LogP contribution in [0, 0.1) is 5.82 Å². The molecule has 1 fully saturated rings. The molecule has 2 aromatic rings. The van der Waals surface area contributed by atoms with Gasteiger partial charge >= 0.3 is 6.03 Å². The molecule has 3 rings (SSSR count). The van der Waals surface area contributed by atoms with Gasteiger partial charge in [0.15, 0.2) is 11.5 Å². The highest BCUT2D eigenvalue weighted by atomic mass is 19.1. The van der Waals surface area contributed by atoms with E-state index >= 15 is 0 Å². The predicted octanol–water partition coefficient (Wildman–Crippen LogP) is 3.88. The summed E-state index contributed by atoms with van der Waals surface area (Å²) in [7, 11) is 0. The molecule has 1 aliphatic heterocycles. The first-order valence-electron chi connectivity index (χ1n) is 9.12. The highest BCUT2D eigenvalue weighted by molar-refractivity contribution is 6.14. The Labute approximate surface area is 168 Å². The summed E-state index contributed by atoms with van der Waals surface area (Å²) in [6, 6.07) is 11.0. The summed E-state index contributed by atoms with van der Waals surface area (Å²) in [6.45, 7) is 5.96. The number of halogens is 1. The van der Waals surface area contributed by atoms with Crippen molar-refractivity contribution < 1.29 is 23.5 Å². The number of urea groups is 1.